The molecule has 0 bridgehead atoms. The van der Waals surface area contributed by atoms with Gasteiger partial charge in [-0.3, -0.25) is 0 Å². The van der Waals surface area contributed by atoms with Crippen LogP contribution in [-0.4, -0.2) is 11.2 Å². The van der Waals surface area contributed by atoms with Crippen molar-refractivity contribution in [2.45, 2.75) is 60.5 Å². The van der Waals surface area contributed by atoms with Crippen molar-refractivity contribution >= 4 is 0 Å². The summed E-state index contributed by atoms with van der Waals surface area (Å²) in [5.41, 5.74) is 3.78. The van der Waals surface area contributed by atoms with Crippen LogP contribution in [0.5, 0.6) is 0 Å². The van der Waals surface area contributed by atoms with Gasteiger partial charge in [0, 0.05) is 0 Å². The van der Waals surface area contributed by atoms with E-state index in [4.69, 9.17) is 0 Å². The van der Waals surface area contributed by atoms with Crippen LogP contribution in [0.25, 0.3) is 0 Å². The molecule has 0 aromatic rings. The molecule has 0 spiro atoms. The Morgan fingerprint density at radius 3 is 2.00 bits per heavy atom. The summed E-state index contributed by atoms with van der Waals surface area (Å²) in [6.45, 7) is 16.6. The second-order valence-electron chi connectivity index (χ2n) is 5.79. The highest BCUT2D eigenvalue weighted by molar-refractivity contribution is 5.16. The van der Waals surface area contributed by atoms with Gasteiger partial charge < -0.3 is 5.11 Å². The van der Waals surface area contributed by atoms with E-state index in [1.54, 1.807) is 0 Å². The number of hydrogen-bond donors (Lipinski definition) is 1. The Hall–Kier alpha value is -0.560. The Morgan fingerprint density at radius 2 is 1.67 bits per heavy atom. The third kappa shape index (κ3) is 5.78. The fourth-order valence-electron chi connectivity index (χ4n) is 1.20. The van der Waals surface area contributed by atoms with Crippen LogP contribution >= 0.6 is 0 Å². The fraction of sp³-hybridized carbons (Fsp3) is 0.714. The van der Waals surface area contributed by atoms with E-state index in [9.17, 15) is 5.11 Å². The van der Waals surface area contributed by atoms with Crippen LogP contribution in [0, 0.1) is 5.41 Å². The lowest BCUT2D eigenvalue weighted by molar-refractivity contribution is 0.0632. The lowest BCUT2D eigenvalue weighted by Crippen LogP contribution is -2.26. The van der Waals surface area contributed by atoms with Crippen LogP contribution in [0.4, 0.5) is 0 Å². The standard InChI is InChI=1S/C14H26O/c1-10(2)12(4)8-11(3)9-13(15)14(5,6)7/h13,15H,3,8-9H2,1-2,4-7H3. The van der Waals surface area contributed by atoms with E-state index in [-0.39, 0.29) is 11.5 Å². The molecule has 0 heterocycles. The molecule has 0 saturated heterocycles. The third-order valence-corrected chi connectivity index (χ3v) is 2.85. The van der Waals surface area contributed by atoms with Gasteiger partial charge in [0.25, 0.3) is 0 Å². The van der Waals surface area contributed by atoms with Crippen molar-refractivity contribution in [2.24, 2.45) is 5.41 Å². The predicted molar refractivity (Wildman–Crippen MR) is 67.9 cm³/mol. The lowest BCUT2D eigenvalue weighted by Gasteiger charge is -2.26. The highest BCUT2D eigenvalue weighted by Gasteiger charge is 2.22. The average Bonchev–Trinajstić information content (AvgIpc) is 2.01. The molecule has 0 saturated carbocycles. The Morgan fingerprint density at radius 1 is 1.20 bits per heavy atom. The minimum atomic E-state index is -0.296. The zero-order valence-electron chi connectivity index (χ0n) is 11.1. The Labute approximate surface area is 94.9 Å². The predicted octanol–water partition coefficient (Wildman–Crippen LogP) is 4.09. The van der Waals surface area contributed by atoms with Crippen LogP contribution in [0.3, 0.4) is 0 Å². The number of aliphatic hydroxyl groups excluding tert-OH is 1. The average molecular weight is 210 g/mol. The van der Waals surface area contributed by atoms with Gasteiger partial charge in [-0.1, -0.05) is 44.1 Å². The monoisotopic (exact) mass is 210 g/mol. The van der Waals surface area contributed by atoms with Crippen LogP contribution in [-0.2, 0) is 0 Å². The summed E-state index contributed by atoms with van der Waals surface area (Å²) in [6, 6.07) is 0. The van der Waals surface area contributed by atoms with E-state index in [0.29, 0.717) is 6.42 Å². The molecule has 0 fully saturated rings. The molecule has 1 atom stereocenters. The molecule has 1 N–H and O–H groups in total. The first-order valence-electron chi connectivity index (χ1n) is 5.62. The molecule has 0 aromatic heterocycles. The fourth-order valence-corrected chi connectivity index (χ4v) is 1.20. The van der Waals surface area contributed by atoms with Gasteiger partial charge in [0.05, 0.1) is 6.10 Å². The van der Waals surface area contributed by atoms with Gasteiger partial charge in [0.1, 0.15) is 0 Å². The summed E-state index contributed by atoms with van der Waals surface area (Å²) >= 11 is 0. The molecule has 0 rings (SSSR count). The van der Waals surface area contributed by atoms with Crippen molar-refractivity contribution in [3.8, 4) is 0 Å². The van der Waals surface area contributed by atoms with E-state index < -0.39 is 0 Å². The Balaban J connectivity index is 4.23. The molecule has 88 valence electrons. The quantitative estimate of drug-likeness (QED) is 0.693. The van der Waals surface area contributed by atoms with Crippen LogP contribution in [0.1, 0.15) is 54.4 Å². The maximum Gasteiger partial charge on any atom is 0.0625 e. The second kappa shape index (κ2) is 5.50. The normalized spacial score (nSPS) is 13.5. The van der Waals surface area contributed by atoms with Crippen molar-refractivity contribution in [3.63, 3.8) is 0 Å². The molecule has 1 unspecified atom stereocenters. The summed E-state index contributed by atoms with van der Waals surface area (Å²) in [5, 5.41) is 9.93. The summed E-state index contributed by atoms with van der Waals surface area (Å²) < 4.78 is 0. The minimum absolute atomic E-state index is 0.0538. The second-order valence-corrected chi connectivity index (χ2v) is 5.79. The van der Waals surface area contributed by atoms with Crippen LogP contribution < -0.4 is 0 Å². The van der Waals surface area contributed by atoms with Crippen molar-refractivity contribution in [1.82, 2.24) is 0 Å². The largest absolute Gasteiger partial charge is 0.392 e. The van der Waals surface area contributed by atoms with Gasteiger partial charge in [0.15, 0.2) is 0 Å². The lowest BCUT2D eigenvalue weighted by atomic mass is 9.84. The summed E-state index contributed by atoms with van der Waals surface area (Å²) in [7, 11) is 0. The topological polar surface area (TPSA) is 20.2 Å². The maximum absolute atomic E-state index is 9.93. The van der Waals surface area contributed by atoms with E-state index in [1.807, 2.05) is 0 Å². The molecule has 0 amide bonds. The number of aliphatic hydroxyl groups is 1. The first-order valence-corrected chi connectivity index (χ1v) is 5.62. The Kier molecular flexibility index (Phi) is 5.30. The highest BCUT2D eigenvalue weighted by atomic mass is 16.3. The summed E-state index contributed by atoms with van der Waals surface area (Å²) in [5.74, 6) is 0. The van der Waals surface area contributed by atoms with Gasteiger partial charge in [-0.15, -0.1) is 0 Å². The first-order chi connectivity index (χ1) is 6.64. The highest BCUT2D eigenvalue weighted by Crippen LogP contribution is 2.26. The van der Waals surface area contributed by atoms with E-state index >= 15 is 0 Å². The smallest absolute Gasteiger partial charge is 0.0625 e. The van der Waals surface area contributed by atoms with E-state index in [2.05, 4.69) is 48.1 Å². The minimum Gasteiger partial charge on any atom is -0.392 e. The molecule has 1 heteroatoms. The zero-order chi connectivity index (χ0) is 12.2. The van der Waals surface area contributed by atoms with Crippen LogP contribution in [0.15, 0.2) is 23.3 Å². The van der Waals surface area contributed by atoms with Crippen molar-refractivity contribution in [1.29, 1.82) is 0 Å². The molecule has 0 aromatic carbocycles. The van der Waals surface area contributed by atoms with Crippen molar-refractivity contribution < 1.29 is 5.11 Å². The molecular formula is C14H26O. The SMILES string of the molecule is C=C(CC(C)=C(C)C)CC(O)C(C)(C)C. The molecule has 0 radical (unpaired) electrons. The van der Waals surface area contributed by atoms with Gasteiger partial charge in [-0.05, 0) is 39.0 Å². The van der Waals surface area contributed by atoms with Gasteiger partial charge in [0.2, 0.25) is 0 Å². The molecule has 0 aliphatic rings. The van der Waals surface area contributed by atoms with Crippen molar-refractivity contribution in [3.05, 3.63) is 23.3 Å². The van der Waals surface area contributed by atoms with Gasteiger partial charge >= 0.3 is 0 Å². The summed E-state index contributed by atoms with van der Waals surface area (Å²) in [6.07, 6.45) is 1.32. The van der Waals surface area contributed by atoms with E-state index in [1.165, 1.54) is 11.1 Å². The van der Waals surface area contributed by atoms with Crippen molar-refractivity contribution in [2.75, 3.05) is 0 Å². The van der Waals surface area contributed by atoms with Gasteiger partial charge in [-0.2, -0.15) is 0 Å². The molecule has 0 aliphatic heterocycles. The molecule has 1 nitrogen and oxygen atoms in total. The first kappa shape index (κ1) is 14.4. The number of rotatable bonds is 4. The van der Waals surface area contributed by atoms with E-state index in [0.717, 1.165) is 12.0 Å². The number of hydrogen-bond acceptors (Lipinski definition) is 1. The number of allylic oxidation sites excluding steroid dienone is 2. The maximum atomic E-state index is 9.93. The summed E-state index contributed by atoms with van der Waals surface area (Å²) in [4.78, 5) is 0. The zero-order valence-corrected chi connectivity index (χ0v) is 11.1. The Bertz CT molecular complexity index is 249. The third-order valence-electron chi connectivity index (χ3n) is 2.85. The molecule has 0 aliphatic carbocycles. The van der Waals surface area contributed by atoms with Gasteiger partial charge in [-0.25, -0.2) is 0 Å². The molecule has 15 heavy (non-hydrogen) atoms. The van der Waals surface area contributed by atoms with Crippen LogP contribution in [0.2, 0.25) is 0 Å². The molecular weight excluding hydrogens is 184 g/mol.